The van der Waals surface area contributed by atoms with Crippen LogP contribution in [0.25, 0.3) is 82.1 Å². The maximum Gasteiger partial charge on any atom is 0.273 e. The van der Waals surface area contributed by atoms with Crippen molar-refractivity contribution in [3.63, 3.8) is 0 Å². The molecule has 0 fully saturated rings. The van der Waals surface area contributed by atoms with E-state index >= 15 is 0 Å². The lowest BCUT2D eigenvalue weighted by molar-refractivity contribution is 0.0955. The van der Waals surface area contributed by atoms with E-state index in [4.69, 9.17) is 17.2 Å². The predicted molar refractivity (Wildman–Crippen MR) is 413 cm³/mol. The SMILES string of the molecule is CNC(=O)c1nnc(CC2=CCC=C2)c2cc(-c3ccc(C)cc3)sc12.Cc1ccc(-c2cc3c(Cc4ccc[nH]4)nnc(C(N)=O)c3s2)cc1.Cc1ccc(-c2cc3c(Cc4ccsc4)nnc(C(N)=O)c3s2)cc1.Cc1ccc(-c2cc3c(Cc4ccsc4)nnc(C(N)=O)c3s2)cc1. The number of rotatable bonds is 16. The number of carbonyl (C=O) groups excluding carboxylic acids is 4. The van der Waals surface area contributed by atoms with Gasteiger partial charge in [-0.15, -0.1) is 65.7 Å². The van der Waals surface area contributed by atoms with Gasteiger partial charge in [0, 0.05) is 85.7 Å². The molecule has 502 valence electrons. The van der Waals surface area contributed by atoms with Crippen LogP contribution >= 0.6 is 68.0 Å². The van der Waals surface area contributed by atoms with E-state index in [1.54, 1.807) is 41.1 Å². The third-order valence-electron chi connectivity index (χ3n) is 16.7. The molecule has 0 saturated carbocycles. The number of fused-ring (bicyclic) bond motifs is 4. The summed E-state index contributed by atoms with van der Waals surface area (Å²) in [5, 5.41) is 48.5. The molecule has 11 heterocycles. The molecular formula is C78H65N13O4S6. The van der Waals surface area contributed by atoms with E-state index in [0.717, 1.165) is 123 Å². The zero-order valence-corrected chi connectivity index (χ0v) is 60.3. The Balaban J connectivity index is 0.000000120. The van der Waals surface area contributed by atoms with Gasteiger partial charge in [-0.3, -0.25) is 19.2 Å². The second kappa shape index (κ2) is 30.7. The number of benzene rings is 4. The monoisotopic (exact) mass is 1440 g/mol. The summed E-state index contributed by atoms with van der Waals surface area (Å²) in [4.78, 5) is 55.1. The number of amides is 4. The van der Waals surface area contributed by atoms with Crippen molar-refractivity contribution in [2.24, 2.45) is 17.2 Å². The normalized spacial score (nSPS) is 11.6. The topological polar surface area (TPSA) is 277 Å². The lowest BCUT2D eigenvalue weighted by Gasteiger charge is -2.04. The van der Waals surface area contributed by atoms with Gasteiger partial charge in [0.2, 0.25) is 0 Å². The number of hydrogen-bond acceptors (Lipinski definition) is 18. The standard InChI is InChI=1S/C21H19N3OS.C19H16N4OS.2C19H15N3OS2/c1-13-7-9-15(10-8-13)18-12-16-17(11-14-5-3-4-6-14)23-24-19(20(16)26-18)21(25)22-2;1-11-4-6-12(7-5-11)16-10-14-15(9-13-3-2-8-21-13)22-23-17(19(20)24)18(14)25-16;2*1-11-2-4-13(5-3-11)16-9-14-15(8-12-6-7-24-10-12)21-22-17(19(20)23)18(14)25-16/h3,5-10,12H,4,11H2,1-2H3,(H,22,25);2-8,10,21H,9H2,1H3,(H2,20,24);2*2-7,9-10H,8H2,1H3,(H2,20,23). The molecule has 1 aliphatic carbocycles. The van der Waals surface area contributed by atoms with Gasteiger partial charge in [0.05, 0.1) is 41.6 Å². The van der Waals surface area contributed by atoms with Gasteiger partial charge in [0.1, 0.15) is 0 Å². The zero-order valence-electron chi connectivity index (χ0n) is 55.4. The third kappa shape index (κ3) is 15.8. The molecule has 4 aromatic carbocycles. The van der Waals surface area contributed by atoms with E-state index in [9.17, 15) is 19.2 Å². The van der Waals surface area contributed by atoms with Crippen molar-refractivity contribution < 1.29 is 19.2 Å². The molecule has 23 heteroatoms. The van der Waals surface area contributed by atoms with Gasteiger partial charge >= 0.3 is 0 Å². The van der Waals surface area contributed by atoms with Gasteiger partial charge < -0.3 is 27.5 Å². The Bertz CT molecular complexity index is 5170. The van der Waals surface area contributed by atoms with E-state index < -0.39 is 17.7 Å². The first-order valence-corrected chi connectivity index (χ1v) is 37.2. The summed E-state index contributed by atoms with van der Waals surface area (Å²) in [5.74, 6) is -1.85. The van der Waals surface area contributed by atoms with E-state index in [0.29, 0.717) is 25.0 Å². The highest BCUT2D eigenvalue weighted by molar-refractivity contribution is 7.24. The maximum absolute atomic E-state index is 12.2. The summed E-state index contributed by atoms with van der Waals surface area (Å²) in [6.07, 6.45) is 12.1. The number of primary amides is 3. The molecule has 15 aromatic rings. The number of nitrogens with one attached hydrogen (secondary N) is 2. The van der Waals surface area contributed by atoms with Gasteiger partial charge in [0.15, 0.2) is 22.8 Å². The fraction of sp³-hybridized carbons (Fsp3) is 0.128. The summed E-state index contributed by atoms with van der Waals surface area (Å²) in [6, 6.07) is 49.9. The van der Waals surface area contributed by atoms with Crippen molar-refractivity contribution in [1.29, 1.82) is 0 Å². The molecule has 0 aliphatic heterocycles. The van der Waals surface area contributed by atoms with E-state index in [-0.39, 0.29) is 23.0 Å². The fourth-order valence-electron chi connectivity index (χ4n) is 11.3. The molecule has 4 amide bonds. The molecular weight excluding hydrogens is 1380 g/mol. The average Bonchev–Trinajstić information content (AvgIpc) is 1.67. The highest BCUT2D eigenvalue weighted by Gasteiger charge is 2.23. The number of aryl methyl sites for hydroxylation is 4. The molecule has 0 bridgehead atoms. The molecule has 11 aromatic heterocycles. The Labute approximate surface area is 605 Å². The number of carbonyl (C=O) groups is 4. The van der Waals surface area contributed by atoms with Crippen LogP contribution in [0.3, 0.4) is 0 Å². The van der Waals surface area contributed by atoms with Crippen molar-refractivity contribution in [3.8, 4) is 41.8 Å². The van der Waals surface area contributed by atoms with Gasteiger partial charge in [-0.25, -0.2) is 0 Å². The third-order valence-corrected chi connectivity index (χ3v) is 23.0. The molecule has 0 radical (unpaired) electrons. The Morgan fingerprint density at radius 2 is 0.782 bits per heavy atom. The highest BCUT2D eigenvalue weighted by atomic mass is 32.1. The number of thiophene rings is 6. The van der Waals surface area contributed by atoms with Crippen LogP contribution in [-0.4, -0.2) is 76.4 Å². The fourth-order valence-corrected chi connectivity index (χ4v) is 17.4. The van der Waals surface area contributed by atoms with Gasteiger partial charge in [-0.1, -0.05) is 138 Å². The van der Waals surface area contributed by atoms with Crippen LogP contribution < -0.4 is 22.5 Å². The second-order valence-corrected chi connectivity index (χ2v) is 29.9. The number of hydrogen-bond donors (Lipinski definition) is 5. The average molecular weight is 1440 g/mol. The lowest BCUT2D eigenvalue weighted by Crippen LogP contribution is -2.20. The summed E-state index contributed by atoms with van der Waals surface area (Å²) in [6.45, 7) is 8.26. The van der Waals surface area contributed by atoms with Crippen LogP contribution in [0.15, 0.2) is 197 Å². The van der Waals surface area contributed by atoms with Crippen molar-refractivity contribution in [3.05, 3.63) is 282 Å². The van der Waals surface area contributed by atoms with Crippen LogP contribution in [0.2, 0.25) is 0 Å². The molecule has 101 heavy (non-hydrogen) atoms. The van der Waals surface area contributed by atoms with Crippen LogP contribution in [0.1, 0.15) is 110 Å². The minimum atomic E-state index is -0.554. The first-order chi connectivity index (χ1) is 49.0. The number of H-pyrrole nitrogens is 1. The van der Waals surface area contributed by atoms with Crippen molar-refractivity contribution >= 4 is 132 Å². The Hall–Kier alpha value is -10.9. The zero-order chi connectivity index (χ0) is 70.3. The summed E-state index contributed by atoms with van der Waals surface area (Å²) < 4.78 is 3.30. The number of aromatic amines is 1. The largest absolute Gasteiger partial charge is 0.365 e. The molecule has 0 spiro atoms. The van der Waals surface area contributed by atoms with Crippen LogP contribution in [-0.2, 0) is 25.7 Å². The molecule has 0 saturated heterocycles. The summed E-state index contributed by atoms with van der Waals surface area (Å²) >= 11 is 9.51. The number of nitrogens with zero attached hydrogens (tertiary/aromatic N) is 8. The smallest absolute Gasteiger partial charge is 0.273 e. The molecule has 0 atom stereocenters. The van der Waals surface area contributed by atoms with Crippen molar-refractivity contribution in [1.82, 2.24) is 51.1 Å². The van der Waals surface area contributed by atoms with Gasteiger partial charge in [-0.2, -0.15) is 43.1 Å². The van der Waals surface area contributed by atoms with Gasteiger partial charge in [0.25, 0.3) is 23.6 Å². The second-order valence-electron chi connectivity index (χ2n) is 24.1. The van der Waals surface area contributed by atoms with E-state index in [1.165, 1.54) is 73.0 Å². The lowest BCUT2D eigenvalue weighted by atomic mass is 10.1. The first kappa shape index (κ1) is 68.6. The molecule has 8 N–H and O–H groups in total. The highest BCUT2D eigenvalue weighted by Crippen LogP contribution is 2.41. The molecule has 16 rings (SSSR count). The predicted octanol–water partition coefficient (Wildman–Crippen LogP) is 17.0. The quantitative estimate of drug-likeness (QED) is 0.0604. The Morgan fingerprint density at radius 1 is 0.436 bits per heavy atom. The Kier molecular flexibility index (Phi) is 20.8. The van der Waals surface area contributed by atoms with Crippen molar-refractivity contribution in [2.75, 3.05) is 7.05 Å². The summed E-state index contributed by atoms with van der Waals surface area (Å²) in [7, 11) is 1.62. The molecule has 1 aliphatic rings. The van der Waals surface area contributed by atoms with Crippen molar-refractivity contribution in [2.45, 2.75) is 59.8 Å². The van der Waals surface area contributed by atoms with Crippen LogP contribution in [0.4, 0.5) is 0 Å². The van der Waals surface area contributed by atoms with E-state index in [2.05, 4.69) is 241 Å². The van der Waals surface area contributed by atoms with Crippen LogP contribution in [0, 0.1) is 27.7 Å². The minimum absolute atomic E-state index is 0.202. The number of aromatic nitrogens is 9. The maximum atomic E-state index is 12.2. The minimum Gasteiger partial charge on any atom is -0.365 e. The molecule has 17 nitrogen and oxygen atoms in total. The van der Waals surface area contributed by atoms with E-state index in [1.807, 2.05) is 29.1 Å². The number of nitrogens with two attached hydrogens (primary N) is 3. The van der Waals surface area contributed by atoms with Crippen LogP contribution in [0.5, 0.6) is 0 Å². The molecule has 0 unspecified atom stereocenters. The summed E-state index contributed by atoms with van der Waals surface area (Å²) in [5.41, 5.74) is 35.1. The number of allylic oxidation sites excluding steroid dienone is 4. The van der Waals surface area contributed by atoms with Gasteiger partial charge in [-0.05, 0) is 143 Å². The Morgan fingerprint density at radius 3 is 1.09 bits per heavy atom. The first-order valence-electron chi connectivity index (χ1n) is 32.1.